The lowest BCUT2D eigenvalue weighted by molar-refractivity contribution is -0.305. The third-order valence-corrected chi connectivity index (χ3v) is 3.59. The first-order valence-electron chi connectivity index (χ1n) is 7.15. The molecule has 2 heterocycles. The van der Waals surface area contributed by atoms with Crippen LogP contribution in [0.1, 0.15) is 41.1 Å². The summed E-state index contributed by atoms with van der Waals surface area (Å²) in [4.78, 5) is 24.8. The molecule has 1 atom stereocenters. The standard InChI is InChI=1S/C15H21NO5/c1-10-8-13(11(2)21-10)15(19)16(6-5-14(17)18)9-12-4-3-7-20-12/h8,12H,3-7,9H2,1-2H3,(H,17,18)/p-1/t12-/m0/s1. The third kappa shape index (κ3) is 4.07. The molecular formula is C15H20NO5-. The van der Waals surface area contributed by atoms with Gasteiger partial charge in [0.25, 0.3) is 5.91 Å². The van der Waals surface area contributed by atoms with Crippen LogP contribution >= 0.6 is 0 Å². The summed E-state index contributed by atoms with van der Waals surface area (Å²) in [6.07, 6.45) is 1.65. The molecule has 0 unspecified atom stereocenters. The molecule has 1 amide bonds. The Labute approximate surface area is 123 Å². The summed E-state index contributed by atoms with van der Waals surface area (Å²) in [5.41, 5.74) is 0.476. The van der Waals surface area contributed by atoms with Crippen molar-refractivity contribution in [1.82, 2.24) is 4.90 Å². The van der Waals surface area contributed by atoms with Gasteiger partial charge in [0.15, 0.2) is 0 Å². The van der Waals surface area contributed by atoms with Gasteiger partial charge in [0.1, 0.15) is 11.5 Å². The number of rotatable bonds is 6. The topological polar surface area (TPSA) is 82.8 Å². The lowest BCUT2D eigenvalue weighted by Crippen LogP contribution is -2.40. The van der Waals surface area contributed by atoms with Gasteiger partial charge in [-0.25, -0.2) is 0 Å². The third-order valence-electron chi connectivity index (χ3n) is 3.59. The maximum Gasteiger partial charge on any atom is 0.257 e. The summed E-state index contributed by atoms with van der Waals surface area (Å²) < 4.78 is 10.9. The van der Waals surface area contributed by atoms with E-state index in [9.17, 15) is 14.7 Å². The van der Waals surface area contributed by atoms with E-state index in [1.165, 1.54) is 4.90 Å². The number of ether oxygens (including phenoxy) is 1. The zero-order valence-electron chi connectivity index (χ0n) is 12.4. The minimum absolute atomic E-state index is 0.0241. The molecule has 1 fully saturated rings. The number of nitrogens with zero attached hydrogens (tertiary/aromatic N) is 1. The Kier molecular flexibility index (Phi) is 5.01. The monoisotopic (exact) mass is 294 g/mol. The van der Waals surface area contributed by atoms with Crippen LogP contribution in [0.5, 0.6) is 0 Å². The van der Waals surface area contributed by atoms with Crippen molar-refractivity contribution >= 4 is 11.9 Å². The van der Waals surface area contributed by atoms with Crippen LogP contribution in [-0.4, -0.2) is 42.6 Å². The summed E-state index contributed by atoms with van der Waals surface area (Å²) in [6, 6.07) is 1.68. The molecule has 1 saturated heterocycles. The Balaban J connectivity index is 2.10. The van der Waals surface area contributed by atoms with E-state index in [4.69, 9.17) is 9.15 Å². The second-order valence-corrected chi connectivity index (χ2v) is 5.34. The van der Waals surface area contributed by atoms with Gasteiger partial charge in [-0.15, -0.1) is 0 Å². The van der Waals surface area contributed by atoms with E-state index in [1.54, 1.807) is 19.9 Å². The van der Waals surface area contributed by atoms with Crippen molar-refractivity contribution < 1.29 is 23.8 Å². The second-order valence-electron chi connectivity index (χ2n) is 5.34. The number of carboxylic acids is 1. The van der Waals surface area contributed by atoms with E-state index in [2.05, 4.69) is 0 Å². The first-order chi connectivity index (χ1) is 9.97. The lowest BCUT2D eigenvalue weighted by atomic mass is 10.1. The number of carbonyl (C=O) groups excluding carboxylic acids is 2. The number of aryl methyl sites for hydroxylation is 2. The number of hydrogen-bond acceptors (Lipinski definition) is 5. The summed E-state index contributed by atoms with van der Waals surface area (Å²) in [5.74, 6) is -0.183. The van der Waals surface area contributed by atoms with Crippen LogP contribution in [0.2, 0.25) is 0 Å². The fourth-order valence-electron chi connectivity index (χ4n) is 2.55. The van der Waals surface area contributed by atoms with Crippen LogP contribution in [0.25, 0.3) is 0 Å². The molecule has 0 saturated carbocycles. The SMILES string of the molecule is Cc1cc(C(=O)N(CCC(=O)[O-])C[C@@H]2CCCO2)c(C)o1. The highest BCUT2D eigenvalue weighted by atomic mass is 16.5. The molecule has 0 spiro atoms. The van der Waals surface area contributed by atoms with Crippen molar-refractivity contribution in [3.05, 3.63) is 23.2 Å². The maximum absolute atomic E-state index is 12.6. The average Bonchev–Trinajstić information content (AvgIpc) is 3.03. The number of carboxylic acid groups (broad SMARTS) is 1. The van der Waals surface area contributed by atoms with Gasteiger partial charge in [-0.1, -0.05) is 0 Å². The zero-order valence-corrected chi connectivity index (χ0v) is 12.4. The van der Waals surface area contributed by atoms with Crippen molar-refractivity contribution in [3.8, 4) is 0 Å². The fourth-order valence-corrected chi connectivity index (χ4v) is 2.55. The Morgan fingerprint density at radius 2 is 2.19 bits per heavy atom. The predicted octanol–water partition coefficient (Wildman–Crippen LogP) is 0.658. The maximum atomic E-state index is 12.6. The molecule has 116 valence electrons. The molecule has 0 bridgehead atoms. The number of hydrogen-bond donors (Lipinski definition) is 0. The van der Waals surface area contributed by atoms with Crippen LogP contribution in [0.15, 0.2) is 10.5 Å². The second kappa shape index (κ2) is 6.76. The molecule has 1 aliphatic rings. The van der Waals surface area contributed by atoms with Crippen molar-refractivity contribution in [2.75, 3.05) is 19.7 Å². The van der Waals surface area contributed by atoms with Gasteiger partial charge in [-0.3, -0.25) is 4.79 Å². The minimum Gasteiger partial charge on any atom is -0.550 e. The van der Waals surface area contributed by atoms with Gasteiger partial charge >= 0.3 is 0 Å². The lowest BCUT2D eigenvalue weighted by Gasteiger charge is -2.25. The van der Waals surface area contributed by atoms with Crippen molar-refractivity contribution in [3.63, 3.8) is 0 Å². The van der Waals surface area contributed by atoms with E-state index < -0.39 is 5.97 Å². The highest BCUT2D eigenvalue weighted by molar-refractivity contribution is 5.95. The van der Waals surface area contributed by atoms with Gasteiger partial charge in [0.05, 0.1) is 11.7 Å². The van der Waals surface area contributed by atoms with Gasteiger partial charge in [-0.2, -0.15) is 0 Å². The molecule has 1 aromatic heterocycles. The molecule has 6 heteroatoms. The van der Waals surface area contributed by atoms with Crippen molar-refractivity contribution in [1.29, 1.82) is 0 Å². The normalized spacial score (nSPS) is 17.9. The Morgan fingerprint density at radius 1 is 1.43 bits per heavy atom. The highest BCUT2D eigenvalue weighted by Gasteiger charge is 2.25. The van der Waals surface area contributed by atoms with Crippen LogP contribution in [-0.2, 0) is 9.53 Å². The highest BCUT2D eigenvalue weighted by Crippen LogP contribution is 2.19. The molecule has 1 aromatic rings. The van der Waals surface area contributed by atoms with Crippen LogP contribution < -0.4 is 5.11 Å². The van der Waals surface area contributed by atoms with E-state index in [0.717, 1.165) is 12.8 Å². The smallest absolute Gasteiger partial charge is 0.257 e. The number of carbonyl (C=O) groups is 2. The quantitative estimate of drug-likeness (QED) is 0.769. The summed E-state index contributed by atoms with van der Waals surface area (Å²) in [5, 5.41) is 10.7. The molecular weight excluding hydrogens is 274 g/mol. The zero-order chi connectivity index (χ0) is 15.4. The summed E-state index contributed by atoms with van der Waals surface area (Å²) in [6.45, 7) is 4.70. The first-order valence-corrected chi connectivity index (χ1v) is 7.15. The van der Waals surface area contributed by atoms with Crippen molar-refractivity contribution in [2.45, 2.75) is 39.2 Å². The summed E-state index contributed by atoms with van der Waals surface area (Å²) in [7, 11) is 0. The van der Waals surface area contributed by atoms with Gasteiger partial charge < -0.3 is 24.0 Å². The predicted molar refractivity (Wildman–Crippen MR) is 72.7 cm³/mol. The Hall–Kier alpha value is -1.82. The average molecular weight is 294 g/mol. The molecule has 0 aromatic carbocycles. The van der Waals surface area contributed by atoms with E-state index in [1.807, 2.05) is 0 Å². The first kappa shape index (κ1) is 15.6. The molecule has 0 aliphatic carbocycles. The Bertz CT molecular complexity index is 516. The Morgan fingerprint density at radius 3 is 2.71 bits per heavy atom. The van der Waals surface area contributed by atoms with Gasteiger partial charge in [0.2, 0.25) is 0 Å². The number of amides is 1. The molecule has 2 rings (SSSR count). The van der Waals surface area contributed by atoms with E-state index in [-0.39, 0.29) is 25.0 Å². The van der Waals surface area contributed by atoms with Gasteiger partial charge in [-0.05, 0) is 32.8 Å². The molecule has 0 N–H and O–H groups in total. The minimum atomic E-state index is -1.17. The molecule has 6 nitrogen and oxygen atoms in total. The van der Waals surface area contributed by atoms with Crippen LogP contribution in [0.4, 0.5) is 0 Å². The molecule has 0 radical (unpaired) electrons. The van der Waals surface area contributed by atoms with E-state index >= 15 is 0 Å². The molecule has 21 heavy (non-hydrogen) atoms. The summed E-state index contributed by atoms with van der Waals surface area (Å²) >= 11 is 0. The molecule has 1 aliphatic heterocycles. The van der Waals surface area contributed by atoms with Gasteiger partial charge in [0, 0.05) is 32.1 Å². The van der Waals surface area contributed by atoms with Crippen molar-refractivity contribution in [2.24, 2.45) is 0 Å². The van der Waals surface area contributed by atoms with Crippen LogP contribution in [0, 0.1) is 13.8 Å². The fraction of sp³-hybridized carbons (Fsp3) is 0.600. The number of furan rings is 1. The van der Waals surface area contributed by atoms with Crippen LogP contribution in [0.3, 0.4) is 0 Å². The van der Waals surface area contributed by atoms with E-state index in [0.29, 0.717) is 30.2 Å². The number of aliphatic carboxylic acids is 1. The largest absolute Gasteiger partial charge is 0.550 e.